The minimum Gasteiger partial charge on any atom is -0.256 e. The van der Waals surface area contributed by atoms with Gasteiger partial charge in [0.05, 0.1) is 11.4 Å². The van der Waals surface area contributed by atoms with Crippen LogP contribution in [0.15, 0.2) is 207 Å². The van der Waals surface area contributed by atoms with Crippen molar-refractivity contribution >= 4 is 53.9 Å². The van der Waals surface area contributed by atoms with Crippen molar-refractivity contribution in [3.05, 3.63) is 207 Å². The van der Waals surface area contributed by atoms with Gasteiger partial charge < -0.3 is 0 Å². The first-order chi connectivity index (χ1) is 30.8. The van der Waals surface area contributed by atoms with Gasteiger partial charge in [-0.15, -0.1) is 0 Å². The molecule has 0 N–H and O–H groups in total. The van der Waals surface area contributed by atoms with Crippen molar-refractivity contribution < 1.29 is 0 Å². The molecule has 0 aliphatic heterocycles. The Kier molecular flexibility index (Phi) is 6.86. The molecule has 0 unspecified atom stereocenters. The van der Waals surface area contributed by atoms with Gasteiger partial charge in [-0.1, -0.05) is 170 Å². The summed E-state index contributed by atoms with van der Waals surface area (Å²) in [6.07, 6.45) is 3.86. The van der Waals surface area contributed by atoms with E-state index in [0.717, 1.165) is 22.5 Å². The molecule has 14 rings (SSSR count). The van der Waals surface area contributed by atoms with Crippen molar-refractivity contribution in [3.63, 3.8) is 0 Å². The SMILES string of the molecule is c1ccc(-c2c3c(c(-c4ccccc4)c4c2ccc2c4ccc4c(-c5ccccn5)c5c(c(-c6ccccn6)c42)-c2cccc4cccc-5c24)-c2cccc4cccc-3c24)cc1. The lowest BCUT2D eigenvalue weighted by Crippen LogP contribution is -1.98. The van der Waals surface area contributed by atoms with E-state index in [0.29, 0.717) is 0 Å². The molecule has 0 amide bonds. The average molecular weight is 783 g/mol. The van der Waals surface area contributed by atoms with Gasteiger partial charge in [0.2, 0.25) is 0 Å². The molecule has 0 saturated heterocycles. The van der Waals surface area contributed by atoms with E-state index in [-0.39, 0.29) is 0 Å². The number of hydrogen-bond acceptors (Lipinski definition) is 2. The molecular weight excluding hydrogens is 749 g/mol. The molecular formula is C60H34N2. The van der Waals surface area contributed by atoms with Crippen molar-refractivity contribution in [3.8, 4) is 89.3 Å². The summed E-state index contributed by atoms with van der Waals surface area (Å²) < 4.78 is 0. The topological polar surface area (TPSA) is 25.8 Å². The minimum atomic E-state index is 0.961. The number of pyridine rings is 2. The minimum absolute atomic E-state index is 0.961. The van der Waals surface area contributed by atoms with Crippen LogP contribution in [0.3, 0.4) is 0 Å². The van der Waals surface area contributed by atoms with Crippen molar-refractivity contribution in [1.29, 1.82) is 0 Å². The zero-order chi connectivity index (χ0) is 40.5. The van der Waals surface area contributed by atoms with E-state index >= 15 is 0 Å². The third-order valence-corrected chi connectivity index (χ3v) is 13.6. The predicted molar refractivity (Wildman–Crippen MR) is 260 cm³/mol. The second-order valence-electron chi connectivity index (χ2n) is 16.7. The summed E-state index contributed by atoms with van der Waals surface area (Å²) in [5, 5.41) is 12.4. The van der Waals surface area contributed by atoms with Gasteiger partial charge in [0.1, 0.15) is 0 Å². The highest BCUT2D eigenvalue weighted by molar-refractivity contribution is 6.36. The lowest BCUT2D eigenvalue weighted by molar-refractivity contribution is 1.33. The smallest absolute Gasteiger partial charge is 0.0714 e. The number of aromatic nitrogens is 2. The molecule has 0 bridgehead atoms. The van der Waals surface area contributed by atoms with Gasteiger partial charge in [0.15, 0.2) is 0 Å². The molecule has 2 aromatic heterocycles. The molecule has 2 heteroatoms. The fraction of sp³-hybridized carbons (Fsp3) is 0. The Morgan fingerprint density at radius 1 is 0.226 bits per heavy atom. The Labute approximate surface area is 358 Å². The number of hydrogen-bond donors (Lipinski definition) is 0. The van der Waals surface area contributed by atoms with Crippen LogP contribution in [0, 0.1) is 0 Å². The summed E-state index contributed by atoms with van der Waals surface area (Å²) in [5.74, 6) is 0. The first-order valence-electron chi connectivity index (χ1n) is 21.4. The van der Waals surface area contributed by atoms with Gasteiger partial charge in [0.25, 0.3) is 0 Å². The third kappa shape index (κ3) is 4.43. The van der Waals surface area contributed by atoms with Crippen LogP contribution in [0.4, 0.5) is 0 Å². The van der Waals surface area contributed by atoms with Gasteiger partial charge in [-0.3, -0.25) is 9.97 Å². The third-order valence-electron chi connectivity index (χ3n) is 13.6. The zero-order valence-corrected chi connectivity index (χ0v) is 33.5. The second kappa shape index (κ2) is 12.7. The average Bonchev–Trinajstić information content (AvgIpc) is 3.85. The maximum absolute atomic E-state index is 5.17. The second-order valence-corrected chi connectivity index (χ2v) is 16.7. The van der Waals surface area contributed by atoms with E-state index in [9.17, 15) is 0 Å². The summed E-state index contributed by atoms with van der Waals surface area (Å²) in [7, 11) is 0. The highest BCUT2D eigenvalue weighted by Crippen LogP contribution is 2.61. The van der Waals surface area contributed by atoms with E-state index in [2.05, 4.69) is 182 Å². The van der Waals surface area contributed by atoms with Crippen LogP contribution >= 0.6 is 0 Å². The molecule has 2 nitrogen and oxygen atoms in total. The molecule has 0 atom stereocenters. The molecule has 0 saturated carbocycles. The molecule has 62 heavy (non-hydrogen) atoms. The largest absolute Gasteiger partial charge is 0.256 e. The first kappa shape index (κ1) is 33.6. The zero-order valence-electron chi connectivity index (χ0n) is 33.5. The Morgan fingerprint density at radius 3 is 1.11 bits per heavy atom. The molecule has 2 aliphatic rings. The van der Waals surface area contributed by atoms with E-state index in [1.54, 1.807) is 0 Å². The van der Waals surface area contributed by atoms with Crippen LogP contribution in [0.1, 0.15) is 0 Å². The Morgan fingerprint density at radius 2 is 0.613 bits per heavy atom. The summed E-state index contributed by atoms with van der Waals surface area (Å²) in [4.78, 5) is 10.3. The molecule has 0 radical (unpaired) electrons. The highest BCUT2D eigenvalue weighted by atomic mass is 14.7. The number of nitrogens with zero attached hydrogens (tertiary/aromatic N) is 2. The fourth-order valence-electron chi connectivity index (χ4n) is 11.3. The van der Waals surface area contributed by atoms with Crippen LogP contribution in [0.5, 0.6) is 0 Å². The predicted octanol–water partition coefficient (Wildman–Crippen LogP) is 16.2. The van der Waals surface area contributed by atoms with Crippen molar-refractivity contribution in [2.24, 2.45) is 0 Å². The van der Waals surface area contributed by atoms with Gasteiger partial charge in [0, 0.05) is 40.0 Å². The van der Waals surface area contributed by atoms with E-state index in [1.165, 1.54) is 121 Å². The van der Waals surface area contributed by atoms with E-state index < -0.39 is 0 Å². The van der Waals surface area contributed by atoms with Gasteiger partial charge in [-0.05, 0) is 128 Å². The van der Waals surface area contributed by atoms with Gasteiger partial charge >= 0.3 is 0 Å². The highest BCUT2D eigenvalue weighted by Gasteiger charge is 2.34. The van der Waals surface area contributed by atoms with Crippen LogP contribution < -0.4 is 0 Å². The Bertz CT molecular complexity index is 3610. The van der Waals surface area contributed by atoms with E-state index in [4.69, 9.17) is 9.97 Å². The lowest BCUT2D eigenvalue weighted by atomic mass is 9.79. The number of fused-ring (bicyclic) bond motifs is 11. The van der Waals surface area contributed by atoms with Crippen LogP contribution in [-0.4, -0.2) is 9.97 Å². The molecule has 2 heterocycles. The number of benzene rings is 10. The molecule has 0 fully saturated rings. The van der Waals surface area contributed by atoms with Crippen molar-refractivity contribution in [1.82, 2.24) is 9.97 Å². The number of rotatable bonds is 4. The molecule has 10 aromatic carbocycles. The van der Waals surface area contributed by atoms with Gasteiger partial charge in [-0.25, -0.2) is 0 Å². The van der Waals surface area contributed by atoms with Crippen LogP contribution in [-0.2, 0) is 0 Å². The summed E-state index contributed by atoms with van der Waals surface area (Å²) >= 11 is 0. The fourth-order valence-corrected chi connectivity index (χ4v) is 11.3. The Hall–Kier alpha value is -8.20. The summed E-state index contributed by atoms with van der Waals surface area (Å²) in [6, 6.07) is 71.5. The summed E-state index contributed by atoms with van der Waals surface area (Å²) in [5.41, 5.74) is 19.3. The monoisotopic (exact) mass is 782 g/mol. The maximum atomic E-state index is 5.17. The van der Waals surface area contributed by atoms with Crippen LogP contribution in [0.2, 0.25) is 0 Å². The van der Waals surface area contributed by atoms with Crippen LogP contribution in [0.25, 0.3) is 143 Å². The maximum Gasteiger partial charge on any atom is 0.0714 e. The lowest BCUT2D eigenvalue weighted by Gasteiger charge is -2.24. The molecule has 0 spiro atoms. The molecule has 284 valence electrons. The molecule has 12 aromatic rings. The van der Waals surface area contributed by atoms with E-state index in [1.807, 2.05) is 24.5 Å². The van der Waals surface area contributed by atoms with Gasteiger partial charge in [-0.2, -0.15) is 0 Å². The van der Waals surface area contributed by atoms with Crippen molar-refractivity contribution in [2.75, 3.05) is 0 Å². The summed E-state index contributed by atoms with van der Waals surface area (Å²) in [6.45, 7) is 0. The normalized spacial score (nSPS) is 12.2. The quantitative estimate of drug-likeness (QED) is 0.166. The molecule has 2 aliphatic carbocycles. The first-order valence-corrected chi connectivity index (χ1v) is 21.4. The Balaban J connectivity index is 1.25. The van der Waals surface area contributed by atoms with Crippen molar-refractivity contribution in [2.45, 2.75) is 0 Å². The standard InChI is InChI=1S/C60H34N2/c1-3-15-37(16-4-1)51-45-31-29-40-39(53(45)52(38-17-5-2-6-18-38)57-42-24-12-20-35-19-11-23-41(49(35)42)56(51)57)30-32-46-54(40)60(48-28-8-10-34-62-48)59-44-26-14-22-36-21-13-25-43(50(36)44)58(59)55(46)47-27-7-9-33-61-47/h1-34H.